The molecule has 0 atom stereocenters. The third-order valence-electron chi connectivity index (χ3n) is 2.05. The molecule has 2 rings (SSSR count). The van der Waals surface area contributed by atoms with E-state index in [0.717, 1.165) is 24.7 Å². The lowest BCUT2D eigenvalue weighted by atomic mass is 10.2. The molecule has 1 aromatic rings. The standard InChI is InChI=1S/C10H11NO2/c1-7-4-5-11-9(6-12)10(7)13-8-2-3-8/h4-6,8H,2-3H2,1H3. The number of aromatic nitrogens is 1. The lowest BCUT2D eigenvalue weighted by Gasteiger charge is -2.08. The van der Waals surface area contributed by atoms with Crippen LogP contribution >= 0.6 is 0 Å². The van der Waals surface area contributed by atoms with E-state index in [1.165, 1.54) is 0 Å². The van der Waals surface area contributed by atoms with Crippen molar-refractivity contribution < 1.29 is 9.53 Å². The summed E-state index contributed by atoms with van der Waals surface area (Å²) in [5.74, 6) is 0.653. The molecule has 1 aliphatic carbocycles. The van der Waals surface area contributed by atoms with Crippen LogP contribution in [0.4, 0.5) is 0 Å². The molecule has 0 bridgehead atoms. The topological polar surface area (TPSA) is 39.2 Å². The molecule has 1 saturated carbocycles. The second kappa shape index (κ2) is 3.17. The van der Waals surface area contributed by atoms with Gasteiger partial charge in [-0.2, -0.15) is 0 Å². The zero-order valence-electron chi connectivity index (χ0n) is 7.49. The van der Waals surface area contributed by atoms with Crippen molar-refractivity contribution >= 4 is 6.29 Å². The first kappa shape index (κ1) is 8.23. The molecule has 0 aromatic carbocycles. The summed E-state index contributed by atoms with van der Waals surface area (Å²) in [6.45, 7) is 1.92. The summed E-state index contributed by atoms with van der Waals surface area (Å²) >= 11 is 0. The molecule has 0 saturated heterocycles. The van der Waals surface area contributed by atoms with E-state index in [-0.39, 0.29) is 0 Å². The number of aldehydes is 1. The van der Waals surface area contributed by atoms with Gasteiger partial charge in [-0.3, -0.25) is 4.79 Å². The van der Waals surface area contributed by atoms with Gasteiger partial charge in [0, 0.05) is 6.20 Å². The summed E-state index contributed by atoms with van der Waals surface area (Å²) in [6.07, 6.45) is 4.85. The highest BCUT2D eigenvalue weighted by Gasteiger charge is 2.25. The Balaban J connectivity index is 2.32. The second-order valence-corrected chi connectivity index (χ2v) is 3.28. The highest BCUT2D eigenvalue weighted by Crippen LogP contribution is 2.29. The predicted octanol–water partition coefficient (Wildman–Crippen LogP) is 1.74. The largest absolute Gasteiger partial charge is 0.488 e. The van der Waals surface area contributed by atoms with Crippen LogP contribution in [-0.2, 0) is 0 Å². The van der Waals surface area contributed by atoms with Crippen LogP contribution in [0.25, 0.3) is 0 Å². The van der Waals surface area contributed by atoms with Crippen LogP contribution in [0.2, 0.25) is 0 Å². The van der Waals surface area contributed by atoms with Crippen molar-refractivity contribution in [2.75, 3.05) is 0 Å². The van der Waals surface area contributed by atoms with Crippen molar-refractivity contribution in [1.82, 2.24) is 4.98 Å². The number of pyridine rings is 1. The van der Waals surface area contributed by atoms with Crippen molar-refractivity contribution in [3.63, 3.8) is 0 Å². The summed E-state index contributed by atoms with van der Waals surface area (Å²) in [6, 6.07) is 1.85. The maximum atomic E-state index is 10.6. The molecule has 1 aromatic heterocycles. The molecule has 1 heterocycles. The molecule has 0 radical (unpaired) electrons. The van der Waals surface area contributed by atoms with Gasteiger partial charge in [0.2, 0.25) is 0 Å². The van der Waals surface area contributed by atoms with Gasteiger partial charge in [-0.05, 0) is 31.4 Å². The number of ether oxygens (including phenoxy) is 1. The Morgan fingerprint density at radius 1 is 1.62 bits per heavy atom. The Morgan fingerprint density at radius 2 is 2.38 bits per heavy atom. The van der Waals surface area contributed by atoms with Gasteiger partial charge in [0.15, 0.2) is 12.0 Å². The third kappa shape index (κ3) is 1.69. The Labute approximate surface area is 76.7 Å². The molecule has 1 aliphatic rings. The van der Waals surface area contributed by atoms with Gasteiger partial charge in [0.1, 0.15) is 5.69 Å². The van der Waals surface area contributed by atoms with E-state index in [1.807, 2.05) is 13.0 Å². The zero-order chi connectivity index (χ0) is 9.26. The van der Waals surface area contributed by atoms with Gasteiger partial charge >= 0.3 is 0 Å². The summed E-state index contributed by atoms with van der Waals surface area (Å²) in [7, 11) is 0. The predicted molar refractivity (Wildman–Crippen MR) is 48.0 cm³/mol. The highest BCUT2D eigenvalue weighted by atomic mass is 16.5. The second-order valence-electron chi connectivity index (χ2n) is 3.28. The number of carbonyl (C=O) groups is 1. The van der Waals surface area contributed by atoms with Crippen molar-refractivity contribution in [3.05, 3.63) is 23.5 Å². The first-order valence-corrected chi connectivity index (χ1v) is 4.38. The Kier molecular flexibility index (Phi) is 2.00. The maximum Gasteiger partial charge on any atom is 0.172 e. The van der Waals surface area contributed by atoms with Crippen LogP contribution in [0.5, 0.6) is 5.75 Å². The molecule has 0 unspecified atom stereocenters. The molecule has 0 spiro atoms. The summed E-state index contributed by atoms with van der Waals surface area (Å²) in [5.41, 5.74) is 1.39. The summed E-state index contributed by atoms with van der Waals surface area (Å²) in [4.78, 5) is 14.6. The van der Waals surface area contributed by atoms with Gasteiger partial charge in [0.25, 0.3) is 0 Å². The fraction of sp³-hybridized carbons (Fsp3) is 0.400. The minimum Gasteiger partial charge on any atom is -0.488 e. The quantitative estimate of drug-likeness (QED) is 0.660. The minimum absolute atomic E-state index is 0.307. The van der Waals surface area contributed by atoms with Gasteiger partial charge in [-0.15, -0.1) is 0 Å². The molecule has 3 heteroatoms. The van der Waals surface area contributed by atoms with Gasteiger partial charge in [-0.1, -0.05) is 0 Å². The van der Waals surface area contributed by atoms with E-state index >= 15 is 0 Å². The Hall–Kier alpha value is -1.38. The zero-order valence-corrected chi connectivity index (χ0v) is 7.49. The van der Waals surface area contributed by atoms with E-state index in [4.69, 9.17) is 4.74 Å². The third-order valence-corrected chi connectivity index (χ3v) is 2.05. The Morgan fingerprint density at radius 3 is 3.00 bits per heavy atom. The van der Waals surface area contributed by atoms with Crippen molar-refractivity contribution in [3.8, 4) is 5.75 Å². The van der Waals surface area contributed by atoms with Gasteiger partial charge < -0.3 is 4.74 Å². The molecule has 68 valence electrons. The van der Waals surface area contributed by atoms with E-state index in [0.29, 0.717) is 17.5 Å². The number of aryl methyl sites for hydroxylation is 1. The van der Waals surface area contributed by atoms with E-state index < -0.39 is 0 Å². The monoisotopic (exact) mass is 177 g/mol. The first-order valence-electron chi connectivity index (χ1n) is 4.38. The molecule has 13 heavy (non-hydrogen) atoms. The van der Waals surface area contributed by atoms with Gasteiger partial charge in [0.05, 0.1) is 6.10 Å². The molecule has 0 amide bonds. The van der Waals surface area contributed by atoms with Crippen molar-refractivity contribution in [1.29, 1.82) is 0 Å². The van der Waals surface area contributed by atoms with Gasteiger partial charge in [-0.25, -0.2) is 4.98 Å². The molecule has 3 nitrogen and oxygen atoms in total. The SMILES string of the molecule is Cc1ccnc(C=O)c1OC1CC1. The van der Waals surface area contributed by atoms with Crippen LogP contribution in [-0.4, -0.2) is 17.4 Å². The van der Waals surface area contributed by atoms with Crippen molar-refractivity contribution in [2.45, 2.75) is 25.9 Å². The average Bonchev–Trinajstić information content (AvgIpc) is 2.92. The number of carbonyl (C=O) groups excluding carboxylic acids is 1. The maximum absolute atomic E-state index is 10.6. The number of hydrogen-bond acceptors (Lipinski definition) is 3. The van der Waals surface area contributed by atoms with E-state index in [9.17, 15) is 4.79 Å². The fourth-order valence-corrected chi connectivity index (χ4v) is 1.16. The smallest absolute Gasteiger partial charge is 0.172 e. The lowest BCUT2D eigenvalue weighted by Crippen LogP contribution is -2.02. The van der Waals surface area contributed by atoms with Crippen LogP contribution in [0, 0.1) is 6.92 Å². The average molecular weight is 177 g/mol. The lowest BCUT2D eigenvalue weighted by molar-refractivity contribution is 0.111. The molecule has 0 aliphatic heterocycles. The fourth-order valence-electron chi connectivity index (χ4n) is 1.16. The summed E-state index contributed by atoms with van der Waals surface area (Å²) < 4.78 is 5.58. The first-order chi connectivity index (χ1) is 6.31. The van der Waals surface area contributed by atoms with E-state index in [2.05, 4.69) is 4.98 Å². The highest BCUT2D eigenvalue weighted by molar-refractivity contribution is 5.77. The summed E-state index contributed by atoms with van der Waals surface area (Å²) in [5, 5.41) is 0. The normalized spacial score (nSPS) is 15.5. The molecular formula is C10H11NO2. The van der Waals surface area contributed by atoms with Crippen LogP contribution < -0.4 is 4.74 Å². The van der Waals surface area contributed by atoms with Crippen LogP contribution in [0.1, 0.15) is 28.9 Å². The minimum atomic E-state index is 0.307. The number of nitrogens with zero attached hydrogens (tertiary/aromatic N) is 1. The van der Waals surface area contributed by atoms with Crippen LogP contribution in [0.3, 0.4) is 0 Å². The molecule has 1 fully saturated rings. The molecular weight excluding hydrogens is 166 g/mol. The van der Waals surface area contributed by atoms with E-state index in [1.54, 1.807) is 6.20 Å². The number of rotatable bonds is 3. The van der Waals surface area contributed by atoms with Crippen molar-refractivity contribution in [2.24, 2.45) is 0 Å². The van der Waals surface area contributed by atoms with Crippen LogP contribution in [0.15, 0.2) is 12.3 Å². The number of hydrogen-bond donors (Lipinski definition) is 0. The Bertz CT molecular complexity index is 332. The molecule has 0 N–H and O–H groups in total.